The molecule has 4 nitrogen and oxygen atoms in total. The number of rotatable bonds is 4. The molecular weight excluding hydrogens is 298 g/mol. The summed E-state index contributed by atoms with van der Waals surface area (Å²) < 4.78 is 25.4. The van der Waals surface area contributed by atoms with E-state index in [-0.39, 0.29) is 9.79 Å². The summed E-state index contributed by atoms with van der Waals surface area (Å²) in [7, 11) is -3.81. The van der Waals surface area contributed by atoms with E-state index >= 15 is 0 Å². The summed E-state index contributed by atoms with van der Waals surface area (Å²) in [5, 5.41) is 0. The van der Waals surface area contributed by atoms with Crippen LogP contribution in [0.3, 0.4) is 0 Å². The number of hydrogen-bond donors (Lipinski definition) is 1. The van der Waals surface area contributed by atoms with E-state index in [9.17, 15) is 13.2 Å². The van der Waals surface area contributed by atoms with Gasteiger partial charge in [-0.05, 0) is 55.5 Å². The van der Waals surface area contributed by atoms with Gasteiger partial charge in [0.2, 0.25) is 9.84 Å². The molecule has 0 saturated carbocycles. The van der Waals surface area contributed by atoms with Crippen molar-refractivity contribution in [2.24, 2.45) is 5.92 Å². The molecule has 1 aromatic carbocycles. The van der Waals surface area contributed by atoms with Gasteiger partial charge in [-0.3, -0.25) is 4.79 Å². The number of aromatic nitrogens is 1. The summed E-state index contributed by atoms with van der Waals surface area (Å²) in [6.07, 6.45) is 0.893. The number of benzene rings is 1. The molecule has 0 amide bonds. The second kappa shape index (κ2) is 6.08. The Morgan fingerprint density at radius 3 is 2.18 bits per heavy atom. The lowest BCUT2D eigenvalue weighted by atomic mass is 10.0. The van der Waals surface area contributed by atoms with E-state index in [2.05, 4.69) is 18.8 Å². The van der Waals surface area contributed by atoms with Crippen molar-refractivity contribution in [1.82, 2.24) is 4.98 Å². The lowest BCUT2D eigenvalue weighted by molar-refractivity contribution is 0.593. The molecule has 2 aromatic rings. The fourth-order valence-corrected chi connectivity index (χ4v) is 4.08. The maximum atomic E-state index is 12.7. The van der Waals surface area contributed by atoms with E-state index < -0.39 is 15.4 Å². The first-order valence-corrected chi connectivity index (χ1v) is 8.74. The number of aromatic amines is 1. The van der Waals surface area contributed by atoms with Gasteiger partial charge >= 0.3 is 0 Å². The van der Waals surface area contributed by atoms with Crippen molar-refractivity contribution in [3.63, 3.8) is 0 Å². The molecule has 0 spiro atoms. The van der Waals surface area contributed by atoms with Gasteiger partial charge in [0.15, 0.2) is 0 Å². The van der Waals surface area contributed by atoms with E-state index in [0.29, 0.717) is 17.2 Å². The molecule has 0 aliphatic rings. The maximum Gasteiger partial charge on any atom is 0.267 e. The molecule has 0 aliphatic heterocycles. The lowest BCUT2D eigenvalue weighted by Crippen LogP contribution is -2.20. The number of hydrogen-bond acceptors (Lipinski definition) is 3. The molecule has 0 unspecified atom stereocenters. The monoisotopic (exact) mass is 319 g/mol. The number of sulfone groups is 1. The van der Waals surface area contributed by atoms with Crippen LogP contribution in [0.15, 0.2) is 44.9 Å². The lowest BCUT2D eigenvalue weighted by Gasteiger charge is -2.09. The van der Waals surface area contributed by atoms with Gasteiger partial charge in [-0.25, -0.2) is 8.42 Å². The Balaban J connectivity index is 2.50. The first-order chi connectivity index (χ1) is 10.2. The van der Waals surface area contributed by atoms with E-state index in [1.807, 2.05) is 12.1 Å². The van der Waals surface area contributed by atoms with Crippen molar-refractivity contribution < 1.29 is 8.42 Å². The molecule has 1 heterocycles. The van der Waals surface area contributed by atoms with Crippen LogP contribution in [0.25, 0.3) is 0 Å². The average Bonchev–Trinajstić information content (AvgIpc) is 2.36. The molecular formula is C17H21NO3S. The summed E-state index contributed by atoms with van der Waals surface area (Å²) in [5.41, 5.74) is 1.63. The standard InChI is InChI=1S/C17H21NO3S/c1-11(2)9-14-5-7-15(8-6-14)22(20,21)16-12(3)10-13(4)18-17(16)19/h5-8,10-11H,9H2,1-4H3,(H,18,19). The topological polar surface area (TPSA) is 67.0 Å². The fraction of sp³-hybridized carbons (Fsp3) is 0.353. The summed E-state index contributed by atoms with van der Waals surface area (Å²) in [4.78, 5) is 14.6. The van der Waals surface area contributed by atoms with Crippen molar-refractivity contribution in [2.45, 2.75) is 43.9 Å². The quantitative estimate of drug-likeness (QED) is 0.942. The summed E-state index contributed by atoms with van der Waals surface area (Å²) in [6, 6.07) is 8.44. The van der Waals surface area contributed by atoms with Crippen molar-refractivity contribution in [3.05, 3.63) is 57.5 Å². The molecule has 5 heteroatoms. The van der Waals surface area contributed by atoms with Crippen LogP contribution in [0.4, 0.5) is 0 Å². The average molecular weight is 319 g/mol. The van der Waals surface area contributed by atoms with E-state index in [0.717, 1.165) is 12.0 Å². The van der Waals surface area contributed by atoms with E-state index in [1.165, 1.54) is 0 Å². The number of pyridine rings is 1. The van der Waals surface area contributed by atoms with Crippen LogP contribution in [-0.2, 0) is 16.3 Å². The highest BCUT2D eigenvalue weighted by Crippen LogP contribution is 2.22. The van der Waals surface area contributed by atoms with Gasteiger partial charge in [0, 0.05) is 5.69 Å². The van der Waals surface area contributed by atoms with Gasteiger partial charge < -0.3 is 4.98 Å². The van der Waals surface area contributed by atoms with Crippen LogP contribution >= 0.6 is 0 Å². The second-order valence-electron chi connectivity index (χ2n) is 6.04. The Bertz CT molecular complexity index is 831. The van der Waals surface area contributed by atoms with Crippen molar-refractivity contribution in [3.8, 4) is 0 Å². The highest BCUT2D eigenvalue weighted by atomic mass is 32.2. The van der Waals surface area contributed by atoms with Gasteiger partial charge in [-0.1, -0.05) is 26.0 Å². The minimum Gasteiger partial charge on any atom is -0.325 e. The van der Waals surface area contributed by atoms with Crippen LogP contribution in [0.1, 0.15) is 30.7 Å². The predicted molar refractivity (Wildman–Crippen MR) is 87.0 cm³/mol. The zero-order valence-electron chi connectivity index (χ0n) is 13.3. The molecule has 1 N–H and O–H groups in total. The summed E-state index contributed by atoms with van der Waals surface area (Å²) in [6.45, 7) is 7.59. The first-order valence-electron chi connectivity index (χ1n) is 7.26. The third kappa shape index (κ3) is 3.30. The Kier molecular flexibility index (Phi) is 4.56. The van der Waals surface area contributed by atoms with E-state index in [4.69, 9.17) is 0 Å². The SMILES string of the molecule is Cc1cc(C)c(S(=O)(=O)c2ccc(CC(C)C)cc2)c(=O)[nH]1. The normalized spacial score (nSPS) is 11.9. The molecule has 0 saturated heterocycles. The largest absolute Gasteiger partial charge is 0.325 e. The van der Waals surface area contributed by atoms with Crippen LogP contribution in [0, 0.1) is 19.8 Å². The highest BCUT2D eigenvalue weighted by molar-refractivity contribution is 7.91. The van der Waals surface area contributed by atoms with E-state index in [1.54, 1.807) is 32.0 Å². The van der Waals surface area contributed by atoms with Gasteiger partial charge in [0.25, 0.3) is 5.56 Å². The smallest absolute Gasteiger partial charge is 0.267 e. The molecule has 2 rings (SSSR count). The second-order valence-corrected chi connectivity index (χ2v) is 7.93. The van der Waals surface area contributed by atoms with Gasteiger partial charge in [-0.15, -0.1) is 0 Å². The molecule has 0 radical (unpaired) electrons. The highest BCUT2D eigenvalue weighted by Gasteiger charge is 2.23. The fourth-order valence-electron chi connectivity index (χ4n) is 2.57. The third-order valence-corrected chi connectivity index (χ3v) is 5.39. The first kappa shape index (κ1) is 16.5. The molecule has 0 atom stereocenters. The van der Waals surface area contributed by atoms with Crippen LogP contribution in [0.2, 0.25) is 0 Å². The molecule has 0 fully saturated rings. The summed E-state index contributed by atoms with van der Waals surface area (Å²) in [5.74, 6) is 0.504. The Morgan fingerprint density at radius 2 is 1.68 bits per heavy atom. The molecule has 0 bridgehead atoms. The van der Waals surface area contributed by atoms with Crippen LogP contribution in [-0.4, -0.2) is 13.4 Å². The molecule has 22 heavy (non-hydrogen) atoms. The van der Waals surface area contributed by atoms with Crippen LogP contribution in [0.5, 0.6) is 0 Å². The van der Waals surface area contributed by atoms with Crippen molar-refractivity contribution >= 4 is 9.84 Å². The summed E-state index contributed by atoms with van der Waals surface area (Å²) >= 11 is 0. The molecule has 118 valence electrons. The van der Waals surface area contributed by atoms with Gasteiger partial charge in [0.05, 0.1) is 4.90 Å². The number of aryl methyl sites for hydroxylation is 2. The molecule has 1 aromatic heterocycles. The Labute approximate surface area is 131 Å². The van der Waals surface area contributed by atoms with Gasteiger partial charge in [0.1, 0.15) is 4.90 Å². The number of nitrogens with one attached hydrogen (secondary N) is 1. The minimum atomic E-state index is -3.81. The Morgan fingerprint density at radius 1 is 1.09 bits per heavy atom. The molecule has 0 aliphatic carbocycles. The maximum absolute atomic E-state index is 12.7. The van der Waals surface area contributed by atoms with Crippen molar-refractivity contribution in [2.75, 3.05) is 0 Å². The van der Waals surface area contributed by atoms with Gasteiger partial charge in [-0.2, -0.15) is 0 Å². The zero-order valence-corrected chi connectivity index (χ0v) is 14.1. The van der Waals surface area contributed by atoms with Crippen molar-refractivity contribution in [1.29, 1.82) is 0 Å². The third-order valence-electron chi connectivity index (χ3n) is 3.45. The Hall–Kier alpha value is -1.88. The number of H-pyrrole nitrogens is 1. The zero-order chi connectivity index (χ0) is 16.5. The van der Waals surface area contributed by atoms with Crippen LogP contribution < -0.4 is 5.56 Å². The predicted octanol–water partition coefficient (Wildman–Crippen LogP) is 3.02. The minimum absolute atomic E-state index is 0.150.